The molecular weight excluding hydrogens is 470 g/mol. The number of hydrogen-bond donors (Lipinski definition) is 2. The average molecular weight is 494 g/mol. The number of thioether (sulfide) groups is 1. The van der Waals surface area contributed by atoms with Crippen molar-refractivity contribution in [2.75, 3.05) is 23.5 Å². The van der Waals surface area contributed by atoms with Gasteiger partial charge in [-0.2, -0.15) is 0 Å². The number of carbonyl (C=O) groups excluding carboxylic acids is 1. The van der Waals surface area contributed by atoms with Crippen LogP contribution in [0.4, 0.5) is 11.4 Å². The van der Waals surface area contributed by atoms with E-state index in [9.17, 15) is 4.79 Å². The van der Waals surface area contributed by atoms with Crippen molar-refractivity contribution in [3.05, 3.63) is 89.2 Å². The van der Waals surface area contributed by atoms with Gasteiger partial charge < -0.3 is 15.4 Å². The summed E-state index contributed by atoms with van der Waals surface area (Å²) in [5.41, 5.74) is 3.54. The minimum Gasteiger partial charge on any atom is -0.495 e. The highest BCUT2D eigenvalue weighted by atomic mass is 35.5. The summed E-state index contributed by atoms with van der Waals surface area (Å²) in [6.07, 6.45) is 0. The zero-order valence-corrected chi connectivity index (χ0v) is 20.4. The lowest BCUT2D eigenvalue weighted by atomic mass is 10.2. The average Bonchev–Trinajstić information content (AvgIpc) is 3.26. The number of amides is 1. The first-order valence-corrected chi connectivity index (χ1v) is 12.0. The second-order valence-electron chi connectivity index (χ2n) is 7.44. The predicted octanol–water partition coefficient (Wildman–Crippen LogP) is 5.58. The SMILES string of the molecule is COc1ccccc1-n1c(CNc2ccc(C)cc2)nnc1SCC(=O)Nc1ccccc1Cl. The lowest BCUT2D eigenvalue weighted by Gasteiger charge is -2.14. The van der Waals surface area contributed by atoms with Crippen LogP contribution in [-0.2, 0) is 11.3 Å². The number of aryl methyl sites for hydroxylation is 1. The molecular formula is C25H24ClN5O2S. The summed E-state index contributed by atoms with van der Waals surface area (Å²) < 4.78 is 7.48. The summed E-state index contributed by atoms with van der Waals surface area (Å²) in [6, 6.07) is 22.9. The van der Waals surface area contributed by atoms with Crippen molar-refractivity contribution in [1.82, 2.24) is 14.8 Å². The van der Waals surface area contributed by atoms with Crippen molar-refractivity contribution in [1.29, 1.82) is 0 Å². The van der Waals surface area contributed by atoms with Gasteiger partial charge in [-0.3, -0.25) is 9.36 Å². The minimum absolute atomic E-state index is 0.143. The number of rotatable bonds is 9. The number of anilines is 2. The number of ether oxygens (including phenoxy) is 1. The van der Waals surface area contributed by atoms with Gasteiger partial charge in [-0.25, -0.2) is 0 Å². The van der Waals surface area contributed by atoms with Gasteiger partial charge in [-0.15, -0.1) is 10.2 Å². The van der Waals surface area contributed by atoms with E-state index in [0.29, 0.717) is 34.0 Å². The Morgan fingerprint density at radius 3 is 2.53 bits per heavy atom. The van der Waals surface area contributed by atoms with Crippen LogP contribution in [0.15, 0.2) is 78.0 Å². The van der Waals surface area contributed by atoms with Gasteiger partial charge >= 0.3 is 0 Å². The van der Waals surface area contributed by atoms with Crippen molar-refractivity contribution >= 4 is 40.6 Å². The molecule has 0 aliphatic carbocycles. The van der Waals surface area contributed by atoms with Crippen molar-refractivity contribution < 1.29 is 9.53 Å². The molecule has 7 nitrogen and oxygen atoms in total. The zero-order valence-electron chi connectivity index (χ0n) is 18.8. The van der Waals surface area contributed by atoms with E-state index in [0.717, 1.165) is 11.4 Å². The molecule has 174 valence electrons. The highest BCUT2D eigenvalue weighted by molar-refractivity contribution is 7.99. The smallest absolute Gasteiger partial charge is 0.234 e. The lowest BCUT2D eigenvalue weighted by molar-refractivity contribution is -0.113. The van der Waals surface area contributed by atoms with E-state index in [1.54, 1.807) is 19.2 Å². The zero-order chi connectivity index (χ0) is 23.9. The Balaban J connectivity index is 1.56. The molecule has 9 heteroatoms. The predicted molar refractivity (Wildman–Crippen MR) is 137 cm³/mol. The molecule has 0 saturated carbocycles. The highest BCUT2D eigenvalue weighted by Gasteiger charge is 2.19. The van der Waals surface area contributed by atoms with Crippen LogP contribution in [0.1, 0.15) is 11.4 Å². The van der Waals surface area contributed by atoms with E-state index < -0.39 is 0 Å². The maximum absolute atomic E-state index is 12.6. The molecule has 4 aromatic rings. The van der Waals surface area contributed by atoms with Gasteiger partial charge in [0.05, 0.1) is 35.8 Å². The summed E-state index contributed by atoms with van der Waals surface area (Å²) in [6.45, 7) is 2.49. The Bertz CT molecular complexity index is 1280. The number of hydrogen-bond acceptors (Lipinski definition) is 6. The number of nitrogens with one attached hydrogen (secondary N) is 2. The molecule has 0 saturated heterocycles. The van der Waals surface area contributed by atoms with Crippen LogP contribution in [0.3, 0.4) is 0 Å². The summed E-state index contributed by atoms with van der Waals surface area (Å²) in [5, 5.41) is 16.1. The van der Waals surface area contributed by atoms with E-state index in [4.69, 9.17) is 16.3 Å². The molecule has 0 aliphatic rings. The third kappa shape index (κ3) is 5.70. The van der Waals surface area contributed by atoms with Gasteiger partial charge in [-0.05, 0) is 43.3 Å². The number of benzene rings is 3. The second kappa shape index (κ2) is 11.1. The van der Waals surface area contributed by atoms with Crippen LogP contribution in [-0.4, -0.2) is 33.5 Å². The number of carbonyl (C=O) groups is 1. The molecule has 4 rings (SSSR count). The normalized spacial score (nSPS) is 10.7. The number of nitrogens with zero attached hydrogens (tertiary/aromatic N) is 3. The number of aromatic nitrogens is 3. The van der Waals surface area contributed by atoms with Crippen molar-refractivity contribution in [2.45, 2.75) is 18.6 Å². The van der Waals surface area contributed by atoms with Crippen LogP contribution >= 0.6 is 23.4 Å². The molecule has 0 bridgehead atoms. The fourth-order valence-electron chi connectivity index (χ4n) is 3.30. The molecule has 2 N–H and O–H groups in total. The standard InChI is InChI=1S/C25H24ClN5O2S/c1-17-11-13-18(14-12-17)27-15-23-29-30-25(31(23)21-9-5-6-10-22(21)33-2)34-16-24(32)28-20-8-4-3-7-19(20)26/h3-14,27H,15-16H2,1-2H3,(H,28,32). The molecule has 1 amide bonds. The van der Waals surface area contributed by atoms with Crippen LogP contribution < -0.4 is 15.4 Å². The summed E-state index contributed by atoms with van der Waals surface area (Å²) >= 11 is 7.44. The first-order chi connectivity index (χ1) is 16.5. The largest absolute Gasteiger partial charge is 0.495 e. The van der Waals surface area contributed by atoms with E-state index >= 15 is 0 Å². The first kappa shape index (κ1) is 23.7. The monoisotopic (exact) mass is 493 g/mol. The molecule has 0 fully saturated rings. The fourth-order valence-corrected chi connectivity index (χ4v) is 4.24. The van der Waals surface area contributed by atoms with Gasteiger partial charge in [0.25, 0.3) is 0 Å². The quantitative estimate of drug-likeness (QED) is 0.296. The van der Waals surface area contributed by atoms with Crippen molar-refractivity contribution in [3.8, 4) is 11.4 Å². The Labute approximate surface area is 207 Å². The van der Waals surface area contributed by atoms with Gasteiger partial charge in [0.15, 0.2) is 11.0 Å². The second-order valence-corrected chi connectivity index (χ2v) is 8.79. The van der Waals surface area contributed by atoms with E-state index in [2.05, 4.69) is 20.8 Å². The van der Waals surface area contributed by atoms with E-state index in [1.807, 2.05) is 72.2 Å². The van der Waals surface area contributed by atoms with Gasteiger partial charge in [0, 0.05) is 5.69 Å². The third-order valence-electron chi connectivity index (χ3n) is 5.01. The van der Waals surface area contributed by atoms with Crippen LogP contribution in [0.25, 0.3) is 5.69 Å². The molecule has 0 spiro atoms. The Morgan fingerprint density at radius 2 is 1.76 bits per heavy atom. The van der Waals surface area contributed by atoms with E-state index in [-0.39, 0.29) is 11.7 Å². The van der Waals surface area contributed by atoms with E-state index in [1.165, 1.54) is 17.3 Å². The maximum Gasteiger partial charge on any atom is 0.234 e. The number of methoxy groups -OCH3 is 1. The number of halogens is 1. The maximum atomic E-state index is 12.6. The van der Waals surface area contributed by atoms with Gasteiger partial charge in [0.1, 0.15) is 5.75 Å². The minimum atomic E-state index is -0.188. The molecule has 0 aliphatic heterocycles. The highest BCUT2D eigenvalue weighted by Crippen LogP contribution is 2.29. The molecule has 0 unspecified atom stereocenters. The lowest BCUT2D eigenvalue weighted by Crippen LogP contribution is -2.15. The van der Waals surface area contributed by atoms with Crippen molar-refractivity contribution in [3.63, 3.8) is 0 Å². The summed E-state index contributed by atoms with van der Waals surface area (Å²) in [5.74, 6) is 1.33. The fraction of sp³-hybridized carbons (Fsp3) is 0.160. The number of para-hydroxylation sites is 3. The summed E-state index contributed by atoms with van der Waals surface area (Å²) in [4.78, 5) is 12.6. The molecule has 34 heavy (non-hydrogen) atoms. The van der Waals surface area contributed by atoms with Crippen LogP contribution in [0.5, 0.6) is 5.75 Å². The molecule has 0 atom stereocenters. The molecule has 0 radical (unpaired) electrons. The third-order valence-corrected chi connectivity index (χ3v) is 6.27. The van der Waals surface area contributed by atoms with Crippen LogP contribution in [0, 0.1) is 6.92 Å². The van der Waals surface area contributed by atoms with Crippen molar-refractivity contribution in [2.24, 2.45) is 0 Å². The van der Waals surface area contributed by atoms with Gasteiger partial charge in [0.2, 0.25) is 5.91 Å². The van der Waals surface area contributed by atoms with Crippen LogP contribution in [0.2, 0.25) is 5.02 Å². The molecule has 3 aromatic carbocycles. The Morgan fingerprint density at radius 1 is 1.03 bits per heavy atom. The first-order valence-electron chi connectivity index (χ1n) is 10.6. The molecule has 1 aromatic heterocycles. The Hall–Kier alpha value is -3.49. The summed E-state index contributed by atoms with van der Waals surface area (Å²) in [7, 11) is 1.62. The Kier molecular flexibility index (Phi) is 7.72. The molecule has 1 heterocycles. The topological polar surface area (TPSA) is 81.1 Å². The van der Waals surface area contributed by atoms with Gasteiger partial charge in [-0.1, -0.05) is 65.3 Å².